The van der Waals surface area contributed by atoms with Crippen molar-refractivity contribution in [3.8, 4) is 0 Å². The summed E-state index contributed by atoms with van der Waals surface area (Å²) < 4.78 is 38.2. The van der Waals surface area contributed by atoms with Crippen LogP contribution in [0.1, 0.15) is 29.7 Å². The number of hydrogen-bond donors (Lipinski definition) is 0. The van der Waals surface area contributed by atoms with Gasteiger partial charge in [0, 0.05) is 7.05 Å². The van der Waals surface area contributed by atoms with Crippen LogP contribution < -0.4 is 0 Å². The fraction of sp³-hybridized carbons (Fsp3) is 0.278. The molecule has 120 valence electrons. The molecule has 1 aliphatic rings. The zero-order valence-corrected chi connectivity index (χ0v) is 12.9. The predicted octanol–water partition coefficient (Wildman–Crippen LogP) is 4.98. The Morgan fingerprint density at radius 2 is 1.70 bits per heavy atom. The molecule has 2 nitrogen and oxygen atoms in total. The Kier molecular flexibility index (Phi) is 3.88. The monoisotopic (exact) mass is 318 g/mol. The zero-order valence-electron chi connectivity index (χ0n) is 12.9. The molecular formula is C18H17F3N2. The van der Waals surface area contributed by atoms with E-state index in [0.29, 0.717) is 6.42 Å². The number of nitrogens with zero attached hydrogens (tertiary/aromatic N) is 2. The number of aliphatic imine (C=N–C) groups is 1. The highest BCUT2D eigenvalue weighted by Crippen LogP contribution is 2.34. The van der Waals surface area contributed by atoms with E-state index in [0.717, 1.165) is 34.8 Å². The third-order valence-corrected chi connectivity index (χ3v) is 4.29. The second-order valence-corrected chi connectivity index (χ2v) is 5.74. The van der Waals surface area contributed by atoms with E-state index < -0.39 is 11.7 Å². The van der Waals surface area contributed by atoms with Gasteiger partial charge in [-0.3, -0.25) is 0 Å². The third kappa shape index (κ3) is 3.09. The molecule has 0 aromatic heterocycles. The van der Waals surface area contributed by atoms with Crippen molar-refractivity contribution in [2.75, 3.05) is 7.05 Å². The van der Waals surface area contributed by atoms with Gasteiger partial charge in [-0.15, -0.1) is 0 Å². The molecule has 0 saturated carbocycles. The second kappa shape index (κ2) is 5.72. The molecule has 1 aliphatic heterocycles. The highest BCUT2D eigenvalue weighted by Gasteiger charge is 2.31. The number of fused-ring (bicyclic) bond motifs is 1. The Morgan fingerprint density at radius 3 is 2.35 bits per heavy atom. The predicted molar refractivity (Wildman–Crippen MR) is 84.9 cm³/mol. The fourth-order valence-corrected chi connectivity index (χ4v) is 2.85. The lowest BCUT2D eigenvalue weighted by Gasteiger charge is -2.28. The van der Waals surface area contributed by atoms with E-state index in [1.807, 2.05) is 43.1 Å². The van der Waals surface area contributed by atoms with Crippen LogP contribution in [0.15, 0.2) is 53.5 Å². The number of amidine groups is 1. The minimum Gasteiger partial charge on any atom is -0.356 e. The van der Waals surface area contributed by atoms with Gasteiger partial charge < -0.3 is 4.90 Å². The van der Waals surface area contributed by atoms with Crippen molar-refractivity contribution in [1.82, 2.24) is 4.90 Å². The highest BCUT2D eigenvalue weighted by molar-refractivity contribution is 5.84. The van der Waals surface area contributed by atoms with Gasteiger partial charge in [0.25, 0.3) is 0 Å². The number of likely N-dealkylation sites (N-methyl/N-ethyl adjacent to an activating group) is 1. The van der Waals surface area contributed by atoms with Crippen LogP contribution in [0.3, 0.4) is 0 Å². The minimum absolute atomic E-state index is 0.0373. The number of benzene rings is 2. The SMILES string of the molecule is CC1=Nc2ccccc2CC(c2ccc(C(F)(F)F)cc2)N1C. The van der Waals surface area contributed by atoms with Crippen molar-refractivity contribution < 1.29 is 13.2 Å². The Bertz CT molecular complexity index is 733. The van der Waals surface area contributed by atoms with Gasteiger partial charge in [-0.25, -0.2) is 4.99 Å². The standard InChI is InChI=1S/C18H17F3N2/c1-12-22-16-6-4-3-5-14(16)11-17(23(12)2)13-7-9-15(10-8-13)18(19,20)21/h3-10,17H,11H2,1-2H3. The molecule has 2 aromatic carbocycles. The summed E-state index contributed by atoms with van der Waals surface area (Å²) in [6, 6.07) is 13.2. The molecule has 0 fully saturated rings. The first-order chi connectivity index (χ1) is 10.9. The first kappa shape index (κ1) is 15.6. The lowest BCUT2D eigenvalue weighted by molar-refractivity contribution is -0.137. The maximum absolute atomic E-state index is 12.7. The molecule has 0 saturated heterocycles. The molecule has 5 heteroatoms. The van der Waals surface area contributed by atoms with Gasteiger partial charge >= 0.3 is 6.18 Å². The van der Waals surface area contributed by atoms with Crippen molar-refractivity contribution in [3.05, 3.63) is 65.2 Å². The molecule has 0 amide bonds. The van der Waals surface area contributed by atoms with Crippen LogP contribution in [-0.2, 0) is 12.6 Å². The van der Waals surface area contributed by atoms with Crippen molar-refractivity contribution in [2.45, 2.75) is 25.6 Å². The maximum Gasteiger partial charge on any atom is 0.416 e. The summed E-state index contributed by atoms with van der Waals surface area (Å²) in [5.74, 6) is 0.847. The smallest absolute Gasteiger partial charge is 0.356 e. The van der Waals surface area contributed by atoms with Crippen LogP contribution >= 0.6 is 0 Å². The average molecular weight is 318 g/mol. The van der Waals surface area contributed by atoms with Gasteiger partial charge in [0.1, 0.15) is 5.84 Å². The minimum atomic E-state index is -4.31. The Labute approximate surface area is 133 Å². The van der Waals surface area contributed by atoms with E-state index in [1.165, 1.54) is 0 Å². The molecule has 0 N–H and O–H groups in total. The average Bonchev–Trinajstić information content (AvgIpc) is 2.64. The van der Waals surface area contributed by atoms with Gasteiger partial charge in [0.15, 0.2) is 0 Å². The van der Waals surface area contributed by atoms with Crippen LogP contribution in [0.4, 0.5) is 18.9 Å². The van der Waals surface area contributed by atoms with Gasteiger partial charge in [-0.2, -0.15) is 13.2 Å². The largest absolute Gasteiger partial charge is 0.416 e. The molecule has 0 bridgehead atoms. The number of halogens is 3. The van der Waals surface area contributed by atoms with Crippen LogP contribution in [0.5, 0.6) is 0 Å². The van der Waals surface area contributed by atoms with Crippen molar-refractivity contribution in [1.29, 1.82) is 0 Å². The molecular weight excluding hydrogens is 301 g/mol. The summed E-state index contributed by atoms with van der Waals surface area (Å²) in [5.41, 5.74) is 2.25. The van der Waals surface area contributed by atoms with Crippen LogP contribution in [0.2, 0.25) is 0 Å². The molecule has 1 atom stereocenters. The topological polar surface area (TPSA) is 15.6 Å². The molecule has 23 heavy (non-hydrogen) atoms. The molecule has 2 aromatic rings. The molecule has 1 unspecified atom stereocenters. The molecule has 0 spiro atoms. The van der Waals surface area contributed by atoms with E-state index in [-0.39, 0.29) is 6.04 Å². The van der Waals surface area contributed by atoms with Gasteiger partial charge in [-0.1, -0.05) is 30.3 Å². The van der Waals surface area contributed by atoms with E-state index in [9.17, 15) is 13.2 Å². The van der Waals surface area contributed by atoms with E-state index in [1.54, 1.807) is 12.1 Å². The summed E-state index contributed by atoms with van der Waals surface area (Å²) in [4.78, 5) is 6.63. The van der Waals surface area contributed by atoms with E-state index >= 15 is 0 Å². The molecule has 1 heterocycles. The summed E-state index contributed by atoms with van der Waals surface area (Å²) in [7, 11) is 1.92. The Morgan fingerprint density at radius 1 is 1.04 bits per heavy atom. The summed E-state index contributed by atoms with van der Waals surface area (Å²) in [5, 5.41) is 0. The number of hydrogen-bond acceptors (Lipinski definition) is 2. The maximum atomic E-state index is 12.7. The van der Waals surface area contributed by atoms with Crippen LogP contribution in [-0.4, -0.2) is 17.8 Å². The first-order valence-corrected chi connectivity index (χ1v) is 7.39. The Hall–Kier alpha value is -2.30. The molecule has 0 aliphatic carbocycles. The fourth-order valence-electron chi connectivity index (χ4n) is 2.85. The lowest BCUT2D eigenvalue weighted by Crippen LogP contribution is -2.29. The summed E-state index contributed by atoms with van der Waals surface area (Å²) >= 11 is 0. The summed E-state index contributed by atoms with van der Waals surface area (Å²) in [6.45, 7) is 1.92. The van der Waals surface area contributed by atoms with Crippen molar-refractivity contribution in [2.24, 2.45) is 4.99 Å². The van der Waals surface area contributed by atoms with Gasteiger partial charge in [0.2, 0.25) is 0 Å². The Balaban J connectivity index is 1.98. The number of alkyl halides is 3. The normalized spacial score (nSPS) is 18.2. The van der Waals surface area contributed by atoms with E-state index in [4.69, 9.17) is 0 Å². The molecule has 3 rings (SSSR count). The highest BCUT2D eigenvalue weighted by atomic mass is 19.4. The first-order valence-electron chi connectivity index (χ1n) is 7.39. The van der Waals surface area contributed by atoms with Gasteiger partial charge in [0.05, 0.1) is 17.3 Å². The molecule has 0 radical (unpaired) electrons. The third-order valence-electron chi connectivity index (χ3n) is 4.29. The quantitative estimate of drug-likeness (QED) is 0.723. The summed E-state index contributed by atoms with van der Waals surface area (Å²) in [6.07, 6.45) is -3.60. The van der Waals surface area contributed by atoms with Crippen molar-refractivity contribution in [3.63, 3.8) is 0 Å². The van der Waals surface area contributed by atoms with Crippen molar-refractivity contribution >= 4 is 11.5 Å². The second-order valence-electron chi connectivity index (χ2n) is 5.74. The van der Waals surface area contributed by atoms with Crippen LogP contribution in [0, 0.1) is 0 Å². The number of para-hydroxylation sites is 1. The van der Waals surface area contributed by atoms with Gasteiger partial charge in [-0.05, 0) is 42.7 Å². The lowest BCUT2D eigenvalue weighted by atomic mass is 9.96. The number of rotatable bonds is 1. The zero-order chi connectivity index (χ0) is 16.6. The van der Waals surface area contributed by atoms with E-state index in [2.05, 4.69) is 4.99 Å². The van der Waals surface area contributed by atoms with Crippen LogP contribution in [0.25, 0.3) is 0 Å².